The zero-order valence-electron chi connectivity index (χ0n) is 10.8. The van der Waals surface area contributed by atoms with Crippen molar-refractivity contribution in [2.45, 2.75) is 76.7 Å². The van der Waals surface area contributed by atoms with Crippen LogP contribution in [0.4, 0.5) is 0 Å². The van der Waals surface area contributed by atoms with E-state index >= 15 is 0 Å². The van der Waals surface area contributed by atoms with Gasteiger partial charge in [0.15, 0.2) is 0 Å². The highest BCUT2D eigenvalue weighted by Crippen LogP contribution is 2.32. The monoisotopic (exact) mass is 228 g/mol. The molecular formula is C14H28O2. The van der Waals surface area contributed by atoms with Gasteiger partial charge in [-0.2, -0.15) is 0 Å². The lowest BCUT2D eigenvalue weighted by molar-refractivity contribution is 0.161. The third kappa shape index (κ3) is 5.86. The lowest BCUT2D eigenvalue weighted by Gasteiger charge is -2.07. The van der Waals surface area contributed by atoms with Crippen LogP contribution in [0.1, 0.15) is 71.1 Å². The third-order valence-corrected chi connectivity index (χ3v) is 3.58. The van der Waals surface area contributed by atoms with Gasteiger partial charge in [-0.15, -0.1) is 0 Å². The van der Waals surface area contributed by atoms with Gasteiger partial charge in [-0.25, -0.2) is 0 Å². The molecule has 1 aliphatic rings. The topological polar surface area (TPSA) is 32.8 Å². The Labute approximate surface area is 100 Å². The van der Waals surface area contributed by atoms with Gasteiger partial charge in [0.25, 0.3) is 0 Å². The number of unbranched alkanes of at least 4 members (excludes halogenated alkanes) is 8. The second-order valence-electron chi connectivity index (χ2n) is 5.21. The largest absolute Gasteiger partial charge is 0.393 e. The molecule has 0 aromatic carbocycles. The summed E-state index contributed by atoms with van der Waals surface area (Å²) in [6, 6.07) is 0. The van der Waals surface area contributed by atoms with Crippen molar-refractivity contribution in [2.75, 3.05) is 13.2 Å². The smallest absolute Gasteiger partial charge is 0.115 e. The predicted octanol–water partition coefficient (Wildman–Crippen LogP) is 3.67. The number of aliphatic hydroxyl groups is 1. The Hall–Kier alpha value is -0.0800. The van der Waals surface area contributed by atoms with Crippen molar-refractivity contribution in [3.8, 4) is 0 Å². The highest BCUT2D eigenvalue weighted by molar-refractivity contribution is 4.90. The van der Waals surface area contributed by atoms with E-state index in [1.807, 2.05) is 0 Å². The van der Waals surface area contributed by atoms with Crippen LogP contribution in [-0.2, 0) is 4.74 Å². The summed E-state index contributed by atoms with van der Waals surface area (Å²) in [7, 11) is 0. The van der Waals surface area contributed by atoms with Crippen molar-refractivity contribution in [2.24, 2.45) is 0 Å². The van der Waals surface area contributed by atoms with Gasteiger partial charge in [0.2, 0.25) is 0 Å². The van der Waals surface area contributed by atoms with E-state index in [1.54, 1.807) is 0 Å². The van der Waals surface area contributed by atoms with Gasteiger partial charge < -0.3 is 9.84 Å². The molecule has 1 heterocycles. The molecule has 0 amide bonds. The van der Waals surface area contributed by atoms with E-state index < -0.39 is 0 Å². The van der Waals surface area contributed by atoms with Gasteiger partial charge in [0.1, 0.15) is 5.60 Å². The minimum Gasteiger partial charge on any atom is -0.393 e. The second kappa shape index (κ2) is 8.08. The van der Waals surface area contributed by atoms with Crippen molar-refractivity contribution < 1.29 is 9.84 Å². The molecule has 0 unspecified atom stereocenters. The van der Waals surface area contributed by atoms with E-state index in [2.05, 4.69) is 6.92 Å². The normalized spacial score (nSPS) is 23.6. The molecule has 96 valence electrons. The molecular weight excluding hydrogens is 200 g/mol. The lowest BCUT2D eigenvalue weighted by Crippen LogP contribution is -2.16. The Bertz CT molecular complexity index is 164. The summed E-state index contributed by atoms with van der Waals surface area (Å²) in [4.78, 5) is 0. The second-order valence-corrected chi connectivity index (χ2v) is 5.21. The van der Waals surface area contributed by atoms with Crippen LogP contribution in [-0.4, -0.2) is 23.9 Å². The molecule has 16 heavy (non-hydrogen) atoms. The molecule has 1 rings (SSSR count). The van der Waals surface area contributed by atoms with Crippen molar-refractivity contribution in [3.05, 3.63) is 0 Å². The summed E-state index contributed by atoms with van der Waals surface area (Å²) in [6.45, 7) is 3.25. The first-order valence-corrected chi connectivity index (χ1v) is 7.08. The fourth-order valence-electron chi connectivity index (χ4n) is 2.17. The van der Waals surface area contributed by atoms with E-state index in [0.717, 1.165) is 13.0 Å². The maximum atomic E-state index is 9.05. The zero-order chi connectivity index (χ0) is 11.7. The molecule has 0 bridgehead atoms. The molecule has 0 aliphatic carbocycles. The van der Waals surface area contributed by atoms with Gasteiger partial charge in [0, 0.05) is 0 Å². The molecule has 0 spiro atoms. The van der Waals surface area contributed by atoms with Crippen LogP contribution >= 0.6 is 0 Å². The summed E-state index contributed by atoms with van der Waals surface area (Å²) in [5.41, 5.74) is -0.110. The number of epoxide rings is 1. The van der Waals surface area contributed by atoms with Crippen LogP contribution in [0.15, 0.2) is 0 Å². The summed E-state index contributed by atoms with van der Waals surface area (Å²) in [6.07, 6.45) is 13.3. The van der Waals surface area contributed by atoms with Crippen LogP contribution in [0.2, 0.25) is 0 Å². The van der Waals surface area contributed by atoms with Crippen molar-refractivity contribution in [1.29, 1.82) is 0 Å². The zero-order valence-corrected chi connectivity index (χ0v) is 10.8. The fourth-order valence-corrected chi connectivity index (χ4v) is 2.17. The summed E-state index contributed by atoms with van der Waals surface area (Å²) >= 11 is 0. The third-order valence-electron chi connectivity index (χ3n) is 3.58. The first-order chi connectivity index (χ1) is 7.83. The highest BCUT2D eigenvalue weighted by Gasteiger charge is 2.43. The molecule has 0 radical (unpaired) electrons. The van der Waals surface area contributed by atoms with Gasteiger partial charge in [-0.3, -0.25) is 0 Å². The molecule has 1 N–H and O–H groups in total. The Morgan fingerprint density at radius 2 is 1.44 bits per heavy atom. The van der Waals surface area contributed by atoms with Gasteiger partial charge in [0.05, 0.1) is 13.2 Å². The molecule has 1 aliphatic heterocycles. The van der Waals surface area contributed by atoms with E-state index in [-0.39, 0.29) is 12.2 Å². The molecule has 2 heteroatoms. The molecule has 0 aromatic heterocycles. The van der Waals surface area contributed by atoms with Crippen LogP contribution < -0.4 is 0 Å². The maximum Gasteiger partial charge on any atom is 0.115 e. The SMILES string of the molecule is CCCCCCCCCCC[C@@]1(CO)CO1. The average molecular weight is 228 g/mol. The fraction of sp³-hybridized carbons (Fsp3) is 1.00. The Balaban J connectivity index is 1.75. The Morgan fingerprint density at radius 1 is 0.938 bits per heavy atom. The average Bonchev–Trinajstić information content (AvgIpc) is 3.08. The molecule has 1 fully saturated rings. The van der Waals surface area contributed by atoms with Crippen LogP contribution in [0.5, 0.6) is 0 Å². The summed E-state index contributed by atoms with van der Waals surface area (Å²) < 4.78 is 5.27. The van der Waals surface area contributed by atoms with Crippen LogP contribution in [0.25, 0.3) is 0 Å². The quantitative estimate of drug-likeness (QED) is 0.432. The molecule has 1 atom stereocenters. The van der Waals surface area contributed by atoms with Crippen molar-refractivity contribution in [1.82, 2.24) is 0 Å². The minimum atomic E-state index is -0.110. The van der Waals surface area contributed by atoms with Crippen molar-refractivity contribution >= 4 is 0 Å². The van der Waals surface area contributed by atoms with E-state index in [9.17, 15) is 0 Å². The molecule has 0 aromatic rings. The molecule has 0 saturated carbocycles. The van der Waals surface area contributed by atoms with E-state index in [1.165, 1.54) is 57.8 Å². The minimum absolute atomic E-state index is 0.110. The maximum absolute atomic E-state index is 9.05. The standard InChI is InChI=1S/C14H28O2/c1-2-3-4-5-6-7-8-9-10-11-14(12-15)13-16-14/h15H,2-13H2,1H3/t14-/m1/s1. The Morgan fingerprint density at radius 3 is 1.88 bits per heavy atom. The lowest BCUT2D eigenvalue weighted by atomic mass is 10.0. The number of aliphatic hydroxyl groups excluding tert-OH is 1. The predicted molar refractivity (Wildman–Crippen MR) is 67.6 cm³/mol. The van der Waals surface area contributed by atoms with Crippen LogP contribution in [0, 0.1) is 0 Å². The summed E-state index contributed by atoms with van der Waals surface area (Å²) in [5, 5.41) is 9.05. The number of hydrogen-bond donors (Lipinski definition) is 1. The van der Waals surface area contributed by atoms with E-state index in [4.69, 9.17) is 9.84 Å². The van der Waals surface area contributed by atoms with E-state index in [0.29, 0.717) is 0 Å². The first kappa shape index (κ1) is 14.0. The molecule has 2 nitrogen and oxygen atoms in total. The summed E-state index contributed by atoms with van der Waals surface area (Å²) in [5.74, 6) is 0. The van der Waals surface area contributed by atoms with Crippen LogP contribution in [0.3, 0.4) is 0 Å². The molecule has 1 saturated heterocycles. The number of hydrogen-bond acceptors (Lipinski definition) is 2. The van der Waals surface area contributed by atoms with Gasteiger partial charge >= 0.3 is 0 Å². The Kier molecular flexibility index (Phi) is 7.06. The van der Waals surface area contributed by atoms with Gasteiger partial charge in [-0.1, -0.05) is 64.7 Å². The van der Waals surface area contributed by atoms with Gasteiger partial charge in [-0.05, 0) is 6.42 Å². The van der Waals surface area contributed by atoms with Crippen molar-refractivity contribution in [3.63, 3.8) is 0 Å². The first-order valence-electron chi connectivity index (χ1n) is 7.08. The number of rotatable bonds is 11. The number of ether oxygens (including phenoxy) is 1. The highest BCUT2D eigenvalue weighted by atomic mass is 16.6.